The van der Waals surface area contributed by atoms with Gasteiger partial charge in [0.1, 0.15) is 6.07 Å². The molecular weight excluding hydrogens is 202 g/mol. The Morgan fingerprint density at radius 1 is 1.50 bits per heavy atom. The number of aromatic nitrogens is 2. The van der Waals surface area contributed by atoms with Gasteiger partial charge in [-0.1, -0.05) is 19.9 Å². The summed E-state index contributed by atoms with van der Waals surface area (Å²) >= 11 is 0. The number of hydrogen-bond donors (Lipinski definition) is 1. The second-order valence-corrected chi connectivity index (χ2v) is 4.26. The monoisotopic (exact) mass is 215 g/mol. The minimum atomic E-state index is -0.187. The molecule has 0 aliphatic carbocycles. The Morgan fingerprint density at radius 2 is 2.25 bits per heavy atom. The Hall–Kier alpha value is -2.02. The van der Waals surface area contributed by atoms with Crippen molar-refractivity contribution in [2.45, 2.75) is 20.4 Å². The van der Waals surface area contributed by atoms with E-state index in [1.807, 2.05) is 16.8 Å². The standard InChI is InChI=1S/C12H13N3O/c1-8(2)7-15-10-5-3-4-9(6-13)11(10)12(16)14-15/h3-5,8H,7H2,1-2H3,(H,14,16). The Bertz CT molecular complexity index is 613. The highest BCUT2D eigenvalue weighted by Crippen LogP contribution is 2.15. The lowest BCUT2D eigenvalue weighted by Gasteiger charge is -2.06. The van der Waals surface area contributed by atoms with Crippen molar-refractivity contribution in [1.29, 1.82) is 5.26 Å². The van der Waals surface area contributed by atoms with Gasteiger partial charge >= 0.3 is 0 Å². The third-order valence-electron chi connectivity index (χ3n) is 2.46. The minimum Gasteiger partial charge on any atom is -0.284 e. The van der Waals surface area contributed by atoms with Crippen molar-refractivity contribution in [3.8, 4) is 6.07 Å². The number of rotatable bonds is 2. The van der Waals surface area contributed by atoms with Crippen LogP contribution in [0.15, 0.2) is 23.0 Å². The van der Waals surface area contributed by atoms with Gasteiger partial charge in [-0.25, -0.2) is 0 Å². The first-order valence-electron chi connectivity index (χ1n) is 5.25. The SMILES string of the molecule is CC(C)Cn1[nH]c(=O)c2c(C#N)cccc21. The Morgan fingerprint density at radius 3 is 2.88 bits per heavy atom. The zero-order valence-electron chi connectivity index (χ0n) is 9.32. The van der Waals surface area contributed by atoms with Gasteiger partial charge in [0.05, 0.1) is 16.5 Å². The van der Waals surface area contributed by atoms with Crippen LogP contribution in [0.5, 0.6) is 0 Å². The van der Waals surface area contributed by atoms with Gasteiger partial charge in [0.2, 0.25) is 0 Å². The number of hydrogen-bond acceptors (Lipinski definition) is 2. The number of nitriles is 1. The van der Waals surface area contributed by atoms with Crippen molar-refractivity contribution in [1.82, 2.24) is 9.78 Å². The Kier molecular flexibility index (Phi) is 2.53. The molecule has 4 heteroatoms. The average molecular weight is 215 g/mol. The van der Waals surface area contributed by atoms with E-state index in [1.54, 1.807) is 12.1 Å². The largest absolute Gasteiger partial charge is 0.284 e. The molecule has 2 aromatic rings. The molecule has 2 rings (SSSR count). The fourth-order valence-electron chi connectivity index (χ4n) is 1.84. The molecule has 82 valence electrons. The van der Waals surface area contributed by atoms with Crippen molar-refractivity contribution in [3.05, 3.63) is 34.1 Å². The van der Waals surface area contributed by atoms with Crippen LogP contribution in [0.1, 0.15) is 19.4 Å². The maximum atomic E-state index is 11.7. The van der Waals surface area contributed by atoms with Crippen LogP contribution in [0.2, 0.25) is 0 Å². The van der Waals surface area contributed by atoms with Crippen LogP contribution in [0, 0.1) is 17.2 Å². The van der Waals surface area contributed by atoms with Crippen LogP contribution >= 0.6 is 0 Å². The number of benzene rings is 1. The molecule has 1 N–H and O–H groups in total. The fraction of sp³-hybridized carbons (Fsp3) is 0.333. The van der Waals surface area contributed by atoms with E-state index < -0.39 is 0 Å². The lowest BCUT2D eigenvalue weighted by Crippen LogP contribution is -2.09. The molecule has 0 aliphatic rings. The molecule has 0 bridgehead atoms. The second-order valence-electron chi connectivity index (χ2n) is 4.26. The normalized spacial score (nSPS) is 10.9. The third kappa shape index (κ3) is 1.61. The summed E-state index contributed by atoms with van der Waals surface area (Å²) in [5, 5.41) is 12.2. The summed E-state index contributed by atoms with van der Waals surface area (Å²) < 4.78 is 1.81. The molecular formula is C12H13N3O. The van der Waals surface area contributed by atoms with Gasteiger partial charge in [0.15, 0.2) is 0 Å². The number of nitrogens with zero attached hydrogens (tertiary/aromatic N) is 2. The van der Waals surface area contributed by atoms with Crippen LogP contribution in [0.3, 0.4) is 0 Å². The van der Waals surface area contributed by atoms with E-state index >= 15 is 0 Å². The Balaban J connectivity index is 2.73. The summed E-state index contributed by atoms with van der Waals surface area (Å²) in [4.78, 5) is 11.7. The number of fused-ring (bicyclic) bond motifs is 1. The lowest BCUT2D eigenvalue weighted by atomic mass is 10.1. The smallest absolute Gasteiger partial charge is 0.273 e. The molecule has 1 aromatic heterocycles. The molecule has 0 saturated carbocycles. The molecule has 0 amide bonds. The lowest BCUT2D eigenvalue weighted by molar-refractivity contribution is 0.492. The first kappa shape index (κ1) is 10.5. The van der Waals surface area contributed by atoms with E-state index in [1.165, 1.54) is 0 Å². The molecule has 0 atom stereocenters. The fourth-order valence-corrected chi connectivity index (χ4v) is 1.84. The van der Waals surface area contributed by atoms with Gasteiger partial charge in [0, 0.05) is 6.54 Å². The van der Waals surface area contributed by atoms with Crippen LogP contribution in [0.25, 0.3) is 10.9 Å². The summed E-state index contributed by atoms with van der Waals surface area (Å²) in [7, 11) is 0. The molecule has 0 spiro atoms. The average Bonchev–Trinajstić information content (AvgIpc) is 2.55. The second kappa shape index (κ2) is 3.86. The summed E-state index contributed by atoms with van der Waals surface area (Å²) in [5.41, 5.74) is 1.05. The third-order valence-corrected chi connectivity index (χ3v) is 2.46. The maximum absolute atomic E-state index is 11.7. The van der Waals surface area contributed by atoms with Gasteiger partial charge in [0.25, 0.3) is 5.56 Å². The summed E-state index contributed by atoms with van der Waals surface area (Å²) in [5.74, 6) is 0.442. The van der Waals surface area contributed by atoms with Gasteiger partial charge in [-0.3, -0.25) is 14.6 Å². The molecule has 0 unspecified atom stereocenters. The topological polar surface area (TPSA) is 61.6 Å². The van der Waals surface area contributed by atoms with Crippen molar-refractivity contribution < 1.29 is 0 Å². The van der Waals surface area contributed by atoms with Crippen molar-refractivity contribution in [2.75, 3.05) is 0 Å². The van der Waals surface area contributed by atoms with Gasteiger partial charge < -0.3 is 0 Å². The highest BCUT2D eigenvalue weighted by molar-refractivity contribution is 5.84. The first-order chi connectivity index (χ1) is 7.63. The molecule has 4 nitrogen and oxygen atoms in total. The van der Waals surface area contributed by atoms with E-state index in [4.69, 9.17) is 5.26 Å². The van der Waals surface area contributed by atoms with E-state index in [0.717, 1.165) is 12.1 Å². The molecule has 16 heavy (non-hydrogen) atoms. The molecule has 0 saturated heterocycles. The Labute approximate surface area is 93.1 Å². The quantitative estimate of drug-likeness (QED) is 0.831. The zero-order valence-corrected chi connectivity index (χ0v) is 9.32. The van der Waals surface area contributed by atoms with Crippen LogP contribution in [-0.2, 0) is 6.54 Å². The summed E-state index contributed by atoms with van der Waals surface area (Å²) in [6.45, 7) is 4.91. The maximum Gasteiger partial charge on any atom is 0.273 e. The van der Waals surface area contributed by atoms with Crippen molar-refractivity contribution >= 4 is 10.9 Å². The molecule has 0 fully saturated rings. The molecule has 0 aliphatic heterocycles. The van der Waals surface area contributed by atoms with Crippen molar-refractivity contribution in [2.24, 2.45) is 5.92 Å². The highest BCUT2D eigenvalue weighted by Gasteiger charge is 2.10. The van der Waals surface area contributed by atoms with Crippen molar-refractivity contribution in [3.63, 3.8) is 0 Å². The molecule has 1 heterocycles. The van der Waals surface area contributed by atoms with Gasteiger partial charge in [-0.15, -0.1) is 0 Å². The van der Waals surface area contributed by atoms with Crippen LogP contribution < -0.4 is 5.56 Å². The summed E-state index contributed by atoms with van der Waals surface area (Å²) in [6, 6.07) is 7.36. The highest BCUT2D eigenvalue weighted by atomic mass is 16.1. The van der Waals surface area contributed by atoms with E-state index in [0.29, 0.717) is 16.9 Å². The number of nitrogens with one attached hydrogen (secondary N) is 1. The van der Waals surface area contributed by atoms with Crippen LogP contribution in [-0.4, -0.2) is 9.78 Å². The predicted octanol–water partition coefficient (Wildman–Crippen LogP) is 1.86. The summed E-state index contributed by atoms with van der Waals surface area (Å²) in [6.07, 6.45) is 0. The van der Waals surface area contributed by atoms with E-state index in [9.17, 15) is 4.79 Å². The van der Waals surface area contributed by atoms with Crippen LogP contribution in [0.4, 0.5) is 0 Å². The zero-order chi connectivity index (χ0) is 11.7. The molecule has 0 radical (unpaired) electrons. The number of H-pyrrole nitrogens is 1. The van der Waals surface area contributed by atoms with Gasteiger partial charge in [-0.05, 0) is 18.1 Å². The van der Waals surface area contributed by atoms with E-state index in [-0.39, 0.29) is 5.56 Å². The molecule has 1 aromatic carbocycles. The van der Waals surface area contributed by atoms with E-state index in [2.05, 4.69) is 18.9 Å². The first-order valence-corrected chi connectivity index (χ1v) is 5.25. The number of aromatic amines is 1. The predicted molar refractivity (Wildman–Crippen MR) is 62.1 cm³/mol. The van der Waals surface area contributed by atoms with Gasteiger partial charge in [-0.2, -0.15) is 5.26 Å². The minimum absolute atomic E-state index is 0.187.